The molecule has 2 amide bonds. The molecule has 0 radical (unpaired) electrons. The first kappa shape index (κ1) is 60.9. The molecule has 5 N–H and O–H groups in total. The van der Waals surface area contributed by atoms with Crippen LogP contribution in [0.15, 0.2) is 54.1 Å². The molecule has 3 heterocycles. The predicted molar refractivity (Wildman–Crippen MR) is 269 cm³/mol. The molecule has 4 rings (SSSR count). The van der Waals surface area contributed by atoms with Gasteiger partial charge in [-0.15, -0.1) is 0 Å². The molecule has 0 saturated carbocycles. The standard InChI is InChI=1S/C54H87N3O15/c1-16-41-37(28-68-53-49(67-15)48(66-14)45(62)34(8)70-53)24-30(4)22-23-39(58)31(5)25-36(26-38(50(64)55-54(9,10)11)57(29(2)3)51(65)35-20-18-17-19-21-35)47(32(6)40(59)27-42(60)71-41)72-52-46(63)43(56(12)13)44(61)33(7)69-52/h17-24,29,31-34,36-38,40-41,43-49,52-53,59,61-63H,16,25-28H2,1-15H3,(H,55,64)/b23-22+,30-24+/t31-,32+,33-,34+,36-,37-,38?,40-,41-,43+,44-,45+,46-,47-,48+,49+,52+,53+/m1/s1. The lowest BCUT2D eigenvalue weighted by molar-refractivity contribution is -0.304. The van der Waals surface area contributed by atoms with E-state index in [0.717, 1.165) is 0 Å². The smallest absolute Gasteiger partial charge is 0.308 e. The number of carbonyl (C=O) groups excluding carboxylic acids is 4. The summed E-state index contributed by atoms with van der Waals surface area (Å²) in [6, 6.07) is 6.14. The van der Waals surface area contributed by atoms with Crippen LogP contribution in [0.3, 0.4) is 0 Å². The minimum absolute atomic E-state index is 0.0312. The third kappa shape index (κ3) is 15.9. The Kier molecular flexibility index (Phi) is 23.0. The number of nitrogens with one attached hydrogen (secondary N) is 1. The number of aliphatic hydroxyl groups is 4. The van der Waals surface area contributed by atoms with Crippen LogP contribution in [-0.4, -0.2) is 186 Å². The molecule has 3 aliphatic heterocycles. The van der Waals surface area contributed by atoms with Gasteiger partial charge in [0.1, 0.15) is 36.6 Å². The van der Waals surface area contributed by atoms with E-state index in [0.29, 0.717) is 17.6 Å². The summed E-state index contributed by atoms with van der Waals surface area (Å²) in [5.74, 6) is -4.95. The van der Waals surface area contributed by atoms with Gasteiger partial charge in [-0.05, 0) is 113 Å². The highest BCUT2D eigenvalue weighted by atomic mass is 16.7. The number of esters is 1. The van der Waals surface area contributed by atoms with Crippen molar-refractivity contribution in [1.29, 1.82) is 0 Å². The fraction of sp³-hybridized carbons (Fsp3) is 0.741. The van der Waals surface area contributed by atoms with E-state index in [-0.39, 0.29) is 25.2 Å². The fourth-order valence-electron chi connectivity index (χ4n) is 10.2. The second-order valence-electron chi connectivity index (χ2n) is 21.6. The van der Waals surface area contributed by atoms with E-state index in [1.807, 2.05) is 54.5 Å². The van der Waals surface area contributed by atoms with E-state index >= 15 is 0 Å². The lowest BCUT2D eigenvalue weighted by Gasteiger charge is -2.47. The van der Waals surface area contributed by atoms with Gasteiger partial charge in [0.15, 0.2) is 18.4 Å². The monoisotopic (exact) mass is 1020 g/mol. The number of benzene rings is 1. The van der Waals surface area contributed by atoms with Gasteiger partial charge in [-0.25, -0.2) is 0 Å². The molecule has 18 heteroatoms. The molecule has 0 bridgehead atoms. The van der Waals surface area contributed by atoms with Crippen molar-refractivity contribution in [3.63, 3.8) is 0 Å². The quantitative estimate of drug-likeness (QED) is 0.155. The molecule has 1 unspecified atom stereocenters. The van der Waals surface area contributed by atoms with Crippen molar-refractivity contribution in [2.24, 2.45) is 23.7 Å². The Hall–Kier alpha value is -3.66. The maximum atomic E-state index is 14.8. The van der Waals surface area contributed by atoms with E-state index < -0.39 is 145 Å². The number of allylic oxidation sites excluding steroid dienone is 3. The van der Waals surface area contributed by atoms with Gasteiger partial charge in [0.25, 0.3) is 5.91 Å². The minimum atomic E-state index is -1.45. The number of amides is 2. The number of likely N-dealkylation sites (N-methyl/N-ethyl adjacent to an activating group) is 1. The van der Waals surface area contributed by atoms with Gasteiger partial charge in [0, 0.05) is 49.1 Å². The molecule has 2 fully saturated rings. The number of nitrogens with zero attached hydrogens (tertiary/aromatic N) is 2. The maximum Gasteiger partial charge on any atom is 0.308 e. The number of ether oxygens (including phenoxy) is 7. The SMILES string of the molecule is CC[C@H]1OC(=O)C[C@@H](O)[C@H](C)[C@@H](O[C@@H]2O[C@H](C)[C@@H](O)[C@H](N(C)C)[C@H]2O)[C@@H](CC(C(=O)NC(C)(C)C)N(C(=O)c2ccccc2)C(C)C)C[C@@H](C)C(=O)/C=C/C(C)=C/[C@@H]1CO[C@H]1O[C@@H](C)[C@H](O)[C@H](OC)[C@@H]1OC. The average molecular weight is 1020 g/mol. The van der Waals surface area contributed by atoms with Crippen molar-refractivity contribution >= 4 is 23.6 Å². The largest absolute Gasteiger partial charge is 0.462 e. The second-order valence-corrected chi connectivity index (χ2v) is 21.6. The van der Waals surface area contributed by atoms with E-state index in [1.54, 1.807) is 83.1 Å². The van der Waals surface area contributed by atoms with Crippen molar-refractivity contribution in [3.8, 4) is 0 Å². The highest BCUT2D eigenvalue weighted by molar-refractivity contribution is 5.98. The number of hydrogen-bond acceptors (Lipinski definition) is 16. The highest BCUT2D eigenvalue weighted by Crippen LogP contribution is 2.37. The summed E-state index contributed by atoms with van der Waals surface area (Å²) in [6.07, 6.45) is -7.44. The summed E-state index contributed by atoms with van der Waals surface area (Å²) in [5.41, 5.74) is 0.295. The topological polar surface area (TPSA) is 232 Å². The lowest BCUT2D eigenvalue weighted by Crippen LogP contribution is -2.63. The normalized spacial score (nSPS) is 36.3. The van der Waals surface area contributed by atoms with Crippen molar-refractivity contribution < 1.29 is 72.8 Å². The van der Waals surface area contributed by atoms with E-state index in [2.05, 4.69) is 5.32 Å². The Morgan fingerprint density at radius 3 is 2.04 bits per heavy atom. The Bertz CT molecular complexity index is 1960. The van der Waals surface area contributed by atoms with Gasteiger partial charge >= 0.3 is 5.97 Å². The van der Waals surface area contributed by atoms with Crippen molar-refractivity contribution in [3.05, 3.63) is 59.7 Å². The highest BCUT2D eigenvalue weighted by Gasteiger charge is 2.49. The van der Waals surface area contributed by atoms with Crippen molar-refractivity contribution in [1.82, 2.24) is 15.1 Å². The molecule has 0 aromatic heterocycles. The summed E-state index contributed by atoms with van der Waals surface area (Å²) in [7, 11) is 6.35. The third-order valence-electron chi connectivity index (χ3n) is 14.2. The molecule has 2 saturated heterocycles. The van der Waals surface area contributed by atoms with Gasteiger partial charge < -0.3 is 68.7 Å². The zero-order chi connectivity index (χ0) is 53.9. The number of ketones is 1. The van der Waals surface area contributed by atoms with Crippen LogP contribution >= 0.6 is 0 Å². The van der Waals surface area contributed by atoms with E-state index in [9.17, 15) is 39.6 Å². The number of methoxy groups -OCH3 is 2. The summed E-state index contributed by atoms with van der Waals surface area (Å²) in [5, 5.41) is 49.2. The molecular weight excluding hydrogens is 931 g/mol. The molecule has 1 aromatic rings. The van der Waals surface area contributed by atoms with Gasteiger partial charge in [-0.1, -0.05) is 56.7 Å². The van der Waals surface area contributed by atoms with Crippen LogP contribution in [0.1, 0.15) is 112 Å². The molecule has 1 aromatic carbocycles. The Labute approximate surface area is 427 Å². The molecule has 0 aliphatic carbocycles. The first-order valence-electron chi connectivity index (χ1n) is 25.6. The Balaban J connectivity index is 1.87. The summed E-state index contributed by atoms with van der Waals surface area (Å²) >= 11 is 0. The summed E-state index contributed by atoms with van der Waals surface area (Å²) < 4.78 is 42.8. The summed E-state index contributed by atoms with van der Waals surface area (Å²) in [6.45, 7) is 19.6. The lowest BCUT2D eigenvalue weighted by atomic mass is 9.77. The van der Waals surface area contributed by atoms with Gasteiger partial charge in [-0.3, -0.25) is 19.2 Å². The fourth-order valence-corrected chi connectivity index (χ4v) is 10.2. The second kappa shape index (κ2) is 27.2. The molecule has 72 heavy (non-hydrogen) atoms. The van der Waals surface area contributed by atoms with Crippen molar-refractivity contribution in [2.75, 3.05) is 34.9 Å². The number of carbonyl (C=O) groups is 4. The van der Waals surface area contributed by atoms with E-state index in [1.165, 1.54) is 25.2 Å². The van der Waals surface area contributed by atoms with Gasteiger partial charge in [0.2, 0.25) is 5.91 Å². The molecule has 3 aliphatic rings. The number of rotatable bonds is 15. The average Bonchev–Trinajstić information content (AvgIpc) is 3.31. The van der Waals surface area contributed by atoms with Gasteiger partial charge in [0.05, 0.1) is 49.6 Å². The van der Waals surface area contributed by atoms with Crippen LogP contribution in [-0.2, 0) is 47.5 Å². The molecule has 18 nitrogen and oxygen atoms in total. The Morgan fingerprint density at radius 2 is 1.47 bits per heavy atom. The van der Waals surface area contributed by atoms with Crippen LogP contribution in [0.4, 0.5) is 0 Å². The van der Waals surface area contributed by atoms with Crippen LogP contribution in [0.5, 0.6) is 0 Å². The maximum absolute atomic E-state index is 14.8. The van der Waals surface area contributed by atoms with E-state index in [4.69, 9.17) is 33.2 Å². The molecule has 408 valence electrons. The van der Waals surface area contributed by atoms with Crippen LogP contribution in [0.25, 0.3) is 0 Å². The molecule has 0 spiro atoms. The first-order valence-corrected chi connectivity index (χ1v) is 25.6. The number of cyclic esters (lactones) is 1. The third-order valence-corrected chi connectivity index (χ3v) is 14.2. The summed E-state index contributed by atoms with van der Waals surface area (Å²) in [4.78, 5) is 61.1. The van der Waals surface area contributed by atoms with Gasteiger partial charge in [-0.2, -0.15) is 0 Å². The molecular formula is C54H87N3O15. The predicted octanol–water partition coefficient (Wildman–Crippen LogP) is 4.20. The number of aliphatic hydroxyl groups excluding tert-OH is 4. The van der Waals surface area contributed by atoms with Crippen LogP contribution in [0, 0.1) is 23.7 Å². The molecule has 18 atom stereocenters. The first-order chi connectivity index (χ1) is 33.7. The van der Waals surface area contributed by atoms with Crippen LogP contribution < -0.4 is 5.32 Å². The zero-order valence-electron chi connectivity index (χ0n) is 45.3. The minimum Gasteiger partial charge on any atom is -0.462 e. The Morgan fingerprint density at radius 1 is 0.861 bits per heavy atom. The number of hydrogen-bond donors (Lipinski definition) is 5. The zero-order valence-corrected chi connectivity index (χ0v) is 45.3. The van der Waals surface area contributed by atoms with Crippen molar-refractivity contribution in [2.45, 2.75) is 199 Å². The van der Waals surface area contributed by atoms with Crippen LogP contribution in [0.2, 0.25) is 0 Å².